The Morgan fingerprint density at radius 2 is 2.33 bits per heavy atom. The first-order valence-electron chi connectivity index (χ1n) is 4.72. The van der Waals surface area contributed by atoms with Crippen LogP contribution in [-0.4, -0.2) is 31.0 Å². The van der Waals surface area contributed by atoms with Gasteiger partial charge in [-0.25, -0.2) is 18.1 Å². The Balaban J connectivity index is 2.68. The van der Waals surface area contributed by atoms with Gasteiger partial charge in [0, 0.05) is 12.6 Å². The molecule has 86 valence electrons. The van der Waals surface area contributed by atoms with E-state index in [1.54, 1.807) is 6.92 Å². The number of aromatic nitrogens is 2. The minimum atomic E-state index is -3.49. The topological polar surface area (TPSA) is 101 Å². The average Bonchev–Trinajstić information content (AvgIpc) is 2.62. The van der Waals surface area contributed by atoms with Crippen LogP contribution in [0.1, 0.15) is 19.2 Å². The first-order chi connectivity index (χ1) is 6.95. The molecule has 0 aromatic carbocycles. The molecule has 1 aromatic heterocycles. The molecule has 0 radical (unpaired) electrons. The molecule has 15 heavy (non-hydrogen) atoms. The molecule has 0 aliphatic carbocycles. The minimum absolute atomic E-state index is 0.0725. The molecule has 1 atom stereocenters. The van der Waals surface area contributed by atoms with Crippen LogP contribution in [0.2, 0.25) is 0 Å². The van der Waals surface area contributed by atoms with Crippen LogP contribution in [0.4, 0.5) is 0 Å². The summed E-state index contributed by atoms with van der Waals surface area (Å²) in [6.45, 7) is 3.83. The van der Waals surface area contributed by atoms with E-state index in [1.165, 1.54) is 6.20 Å². The molecule has 0 amide bonds. The van der Waals surface area contributed by atoms with E-state index < -0.39 is 10.0 Å². The van der Waals surface area contributed by atoms with Crippen LogP contribution in [0.5, 0.6) is 0 Å². The molecule has 0 fully saturated rings. The predicted octanol–water partition coefficient (Wildman–Crippen LogP) is -0.266. The molecule has 7 heteroatoms. The lowest BCUT2D eigenvalue weighted by Crippen LogP contribution is -2.36. The van der Waals surface area contributed by atoms with Crippen molar-refractivity contribution >= 4 is 10.0 Å². The first kappa shape index (κ1) is 12.2. The van der Waals surface area contributed by atoms with Gasteiger partial charge < -0.3 is 10.7 Å². The van der Waals surface area contributed by atoms with Crippen LogP contribution in [0.15, 0.2) is 11.2 Å². The Labute approximate surface area is 89.3 Å². The maximum Gasteiger partial charge on any atom is 0.257 e. The van der Waals surface area contributed by atoms with Gasteiger partial charge in [0.1, 0.15) is 5.82 Å². The number of aryl methyl sites for hydroxylation is 1. The van der Waals surface area contributed by atoms with Crippen molar-refractivity contribution in [1.29, 1.82) is 0 Å². The maximum absolute atomic E-state index is 11.6. The van der Waals surface area contributed by atoms with E-state index in [-0.39, 0.29) is 17.6 Å². The summed E-state index contributed by atoms with van der Waals surface area (Å²) in [5, 5.41) is 0.0725. The lowest BCUT2D eigenvalue weighted by Gasteiger charge is -2.09. The Morgan fingerprint density at radius 1 is 1.67 bits per heavy atom. The van der Waals surface area contributed by atoms with E-state index in [4.69, 9.17) is 5.73 Å². The van der Waals surface area contributed by atoms with Crippen molar-refractivity contribution in [2.24, 2.45) is 5.73 Å². The number of sulfonamides is 1. The van der Waals surface area contributed by atoms with Gasteiger partial charge in [0.15, 0.2) is 5.03 Å². The van der Waals surface area contributed by atoms with E-state index in [0.29, 0.717) is 5.82 Å². The van der Waals surface area contributed by atoms with Gasteiger partial charge in [-0.1, -0.05) is 6.92 Å². The van der Waals surface area contributed by atoms with Gasteiger partial charge in [0.2, 0.25) is 0 Å². The summed E-state index contributed by atoms with van der Waals surface area (Å²) in [7, 11) is -3.49. The number of rotatable bonds is 5. The smallest absolute Gasteiger partial charge is 0.257 e. The molecular weight excluding hydrogens is 216 g/mol. The highest BCUT2D eigenvalue weighted by Crippen LogP contribution is 2.04. The third-order valence-electron chi connectivity index (χ3n) is 2.03. The number of hydrogen-bond donors (Lipinski definition) is 3. The lowest BCUT2D eigenvalue weighted by atomic mass is 10.2. The monoisotopic (exact) mass is 232 g/mol. The van der Waals surface area contributed by atoms with Crippen LogP contribution in [0.25, 0.3) is 0 Å². The van der Waals surface area contributed by atoms with E-state index in [9.17, 15) is 8.42 Å². The van der Waals surface area contributed by atoms with Crippen molar-refractivity contribution in [3.05, 3.63) is 12.0 Å². The molecule has 0 bridgehead atoms. The van der Waals surface area contributed by atoms with Gasteiger partial charge in [-0.15, -0.1) is 0 Å². The van der Waals surface area contributed by atoms with Crippen LogP contribution in [0, 0.1) is 6.92 Å². The molecule has 0 saturated heterocycles. The summed E-state index contributed by atoms with van der Waals surface area (Å²) in [4.78, 5) is 6.48. The zero-order valence-corrected chi connectivity index (χ0v) is 9.63. The number of nitrogens with two attached hydrogens (primary N) is 1. The fraction of sp³-hybridized carbons (Fsp3) is 0.625. The Morgan fingerprint density at radius 3 is 2.80 bits per heavy atom. The molecular formula is C8H16N4O2S. The van der Waals surface area contributed by atoms with Crippen LogP contribution < -0.4 is 10.5 Å². The van der Waals surface area contributed by atoms with Crippen molar-refractivity contribution in [2.75, 3.05) is 6.54 Å². The zero-order valence-electron chi connectivity index (χ0n) is 8.82. The first-order valence-corrected chi connectivity index (χ1v) is 6.21. The van der Waals surface area contributed by atoms with Gasteiger partial charge in [-0.05, 0) is 13.3 Å². The highest BCUT2D eigenvalue weighted by atomic mass is 32.2. The van der Waals surface area contributed by atoms with Crippen LogP contribution >= 0.6 is 0 Å². The second-order valence-corrected chi connectivity index (χ2v) is 5.09. The number of hydrogen-bond acceptors (Lipinski definition) is 4. The van der Waals surface area contributed by atoms with E-state index in [2.05, 4.69) is 14.7 Å². The summed E-state index contributed by atoms with van der Waals surface area (Å²) in [6.07, 6.45) is 2.01. The van der Waals surface area contributed by atoms with Gasteiger partial charge in [-0.3, -0.25) is 0 Å². The normalized spacial score (nSPS) is 14.1. The molecule has 1 rings (SSSR count). The Hall–Kier alpha value is -0.920. The maximum atomic E-state index is 11.6. The highest BCUT2D eigenvalue weighted by Gasteiger charge is 2.16. The molecule has 6 nitrogen and oxygen atoms in total. The van der Waals surface area contributed by atoms with Crippen LogP contribution in [-0.2, 0) is 10.0 Å². The lowest BCUT2D eigenvalue weighted by molar-refractivity contribution is 0.561. The molecule has 0 spiro atoms. The Bertz CT molecular complexity index is 412. The fourth-order valence-electron chi connectivity index (χ4n) is 0.974. The van der Waals surface area contributed by atoms with E-state index >= 15 is 0 Å². The van der Waals surface area contributed by atoms with Gasteiger partial charge >= 0.3 is 0 Å². The van der Waals surface area contributed by atoms with Crippen molar-refractivity contribution < 1.29 is 8.42 Å². The second kappa shape index (κ2) is 4.73. The van der Waals surface area contributed by atoms with Gasteiger partial charge in [0.25, 0.3) is 10.0 Å². The van der Waals surface area contributed by atoms with E-state index in [0.717, 1.165) is 6.42 Å². The number of nitrogens with one attached hydrogen (secondary N) is 2. The standard InChI is InChI=1S/C8H16N4O2S/c1-3-7(9)4-11-15(13,14)8-5-10-6(2)12-8/h5,7,11H,3-4,9H2,1-2H3,(H,10,12). The second-order valence-electron chi connectivity index (χ2n) is 3.35. The summed E-state index contributed by atoms with van der Waals surface area (Å²) in [6, 6.07) is -0.163. The molecule has 0 aliphatic rings. The number of aromatic amines is 1. The van der Waals surface area contributed by atoms with Gasteiger partial charge in [-0.2, -0.15) is 0 Å². The summed E-state index contributed by atoms with van der Waals surface area (Å²) < 4.78 is 25.7. The summed E-state index contributed by atoms with van der Waals surface area (Å²) >= 11 is 0. The average molecular weight is 232 g/mol. The molecule has 1 unspecified atom stereocenters. The third-order valence-corrected chi connectivity index (χ3v) is 3.36. The quantitative estimate of drug-likeness (QED) is 0.650. The predicted molar refractivity (Wildman–Crippen MR) is 56.8 cm³/mol. The van der Waals surface area contributed by atoms with Crippen molar-refractivity contribution in [2.45, 2.75) is 31.3 Å². The van der Waals surface area contributed by atoms with Crippen molar-refractivity contribution in [3.63, 3.8) is 0 Å². The Kier molecular flexibility index (Phi) is 3.83. The van der Waals surface area contributed by atoms with E-state index in [1.807, 2.05) is 6.92 Å². The molecule has 0 aliphatic heterocycles. The highest BCUT2D eigenvalue weighted by molar-refractivity contribution is 7.89. The SMILES string of the molecule is CCC(N)CNS(=O)(=O)c1cnc(C)[nH]1. The third kappa shape index (κ3) is 3.29. The fourth-order valence-corrected chi connectivity index (χ4v) is 2.04. The van der Waals surface area contributed by atoms with Crippen molar-refractivity contribution in [1.82, 2.24) is 14.7 Å². The molecule has 0 saturated carbocycles. The van der Waals surface area contributed by atoms with Crippen LogP contribution in [0.3, 0.4) is 0 Å². The van der Waals surface area contributed by atoms with Gasteiger partial charge in [0.05, 0.1) is 6.20 Å². The minimum Gasteiger partial charge on any atom is -0.332 e. The summed E-state index contributed by atoms with van der Waals surface area (Å²) in [5.41, 5.74) is 5.61. The molecule has 1 aromatic rings. The van der Waals surface area contributed by atoms with Crippen molar-refractivity contribution in [3.8, 4) is 0 Å². The zero-order chi connectivity index (χ0) is 11.5. The number of nitrogens with zero attached hydrogens (tertiary/aromatic N) is 1. The largest absolute Gasteiger partial charge is 0.332 e. The number of imidazole rings is 1. The summed E-state index contributed by atoms with van der Waals surface area (Å²) in [5.74, 6) is 0.565. The molecule has 4 N–H and O–H groups in total. The molecule has 1 heterocycles. The number of H-pyrrole nitrogens is 1.